The smallest absolute Gasteiger partial charge is 0.388 e. The SMILES string of the molecule is COCCc1ncnc2c1ncn2[C@@H]1O[C@H](COP(=O)(O)O)C[C@H]1O. The van der Waals surface area contributed by atoms with E-state index in [-0.39, 0.29) is 13.0 Å². The molecule has 0 aliphatic carbocycles. The zero-order valence-corrected chi connectivity index (χ0v) is 14.3. The first-order chi connectivity index (χ1) is 11.9. The topological polar surface area (TPSA) is 149 Å². The van der Waals surface area contributed by atoms with Crippen molar-refractivity contribution in [3.05, 3.63) is 18.3 Å². The van der Waals surface area contributed by atoms with E-state index in [1.807, 2.05) is 0 Å². The van der Waals surface area contributed by atoms with Gasteiger partial charge in [-0.15, -0.1) is 0 Å². The minimum atomic E-state index is -4.59. The molecule has 0 saturated carbocycles. The van der Waals surface area contributed by atoms with E-state index in [0.717, 1.165) is 5.69 Å². The maximum absolute atomic E-state index is 10.8. The number of ether oxygens (including phenoxy) is 2. The zero-order chi connectivity index (χ0) is 18.0. The van der Waals surface area contributed by atoms with E-state index < -0.39 is 26.3 Å². The summed E-state index contributed by atoms with van der Waals surface area (Å²) in [5.41, 5.74) is 1.81. The molecule has 1 aliphatic rings. The average molecular weight is 374 g/mol. The molecule has 0 radical (unpaired) electrons. The van der Waals surface area contributed by atoms with E-state index in [2.05, 4.69) is 19.5 Å². The van der Waals surface area contributed by atoms with Crippen LogP contribution in [0.25, 0.3) is 11.2 Å². The lowest BCUT2D eigenvalue weighted by Gasteiger charge is -2.17. The quantitative estimate of drug-likeness (QED) is 0.555. The van der Waals surface area contributed by atoms with Gasteiger partial charge >= 0.3 is 7.82 Å². The summed E-state index contributed by atoms with van der Waals surface area (Å²) in [6.07, 6.45) is 1.32. The predicted molar refractivity (Wildman–Crippen MR) is 83.4 cm³/mol. The molecular formula is C13H19N4O7P. The van der Waals surface area contributed by atoms with Gasteiger partial charge in [0, 0.05) is 20.0 Å². The van der Waals surface area contributed by atoms with E-state index in [9.17, 15) is 9.67 Å². The molecule has 3 N–H and O–H groups in total. The lowest BCUT2D eigenvalue weighted by atomic mass is 10.2. The maximum Gasteiger partial charge on any atom is 0.469 e. The fraction of sp³-hybridized carbons (Fsp3) is 0.615. The number of methoxy groups -OCH3 is 1. The average Bonchev–Trinajstić information content (AvgIpc) is 3.13. The second-order valence-electron chi connectivity index (χ2n) is 5.63. The van der Waals surface area contributed by atoms with E-state index in [1.165, 1.54) is 12.7 Å². The molecule has 11 nitrogen and oxygen atoms in total. The van der Waals surface area contributed by atoms with Gasteiger partial charge in [0.15, 0.2) is 11.9 Å². The van der Waals surface area contributed by atoms with Gasteiger partial charge in [-0.2, -0.15) is 0 Å². The van der Waals surface area contributed by atoms with Crippen LogP contribution < -0.4 is 0 Å². The van der Waals surface area contributed by atoms with Crippen LogP contribution in [0.2, 0.25) is 0 Å². The van der Waals surface area contributed by atoms with Gasteiger partial charge in [-0.3, -0.25) is 9.09 Å². The van der Waals surface area contributed by atoms with Crippen LogP contribution in [-0.2, 0) is 25.0 Å². The van der Waals surface area contributed by atoms with Crippen LogP contribution >= 0.6 is 7.82 Å². The third kappa shape index (κ3) is 4.21. The van der Waals surface area contributed by atoms with Crippen molar-refractivity contribution < 1.29 is 33.5 Å². The highest BCUT2D eigenvalue weighted by Gasteiger charge is 2.37. The molecule has 2 aromatic rings. The highest BCUT2D eigenvalue weighted by Crippen LogP contribution is 2.38. The first-order valence-corrected chi connectivity index (χ1v) is 9.11. The predicted octanol–water partition coefficient (Wildman–Crippen LogP) is -0.227. The molecule has 2 aromatic heterocycles. The Bertz CT molecular complexity index is 779. The Morgan fingerprint density at radius 2 is 2.20 bits per heavy atom. The molecule has 138 valence electrons. The van der Waals surface area contributed by atoms with Crippen molar-refractivity contribution >= 4 is 19.0 Å². The summed E-state index contributed by atoms with van der Waals surface area (Å²) < 4.78 is 27.5. The lowest BCUT2D eigenvalue weighted by molar-refractivity contribution is -0.0481. The maximum atomic E-state index is 10.8. The van der Waals surface area contributed by atoms with Crippen molar-refractivity contribution in [2.75, 3.05) is 20.3 Å². The molecule has 1 fully saturated rings. The Labute approximate surface area is 142 Å². The van der Waals surface area contributed by atoms with Crippen molar-refractivity contribution in [2.24, 2.45) is 0 Å². The Morgan fingerprint density at radius 1 is 1.40 bits per heavy atom. The summed E-state index contributed by atoms with van der Waals surface area (Å²) >= 11 is 0. The molecule has 0 unspecified atom stereocenters. The van der Waals surface area contributed by atoms with Crippen molar-refractivity contribution in [1.82, 2.24) is 19.5 Å². The number of phosphoric acid groups is 1. The lowest BCUT2D eigenvalue weighted by Crippen LogP contribution is -2.19. The first kappa shape index (κ1) is 18.3. The minimum Gasteiger partial charge on any atom is -0.388 e. The van der Waals surface area contributed by atoms with E-state index in [4.69, 9.17) is 19.3 Å². The van der Waals surface area contributed by atoms with Crippen molar-refractivity contribution in [1.29, 1.82) is 0 Å². The number of hydrogen-bond acceptors (Lipinski definition) is 8. The van der Waals surface area contributed by atoms with Crippen molar-refractivity contribution in [3.63, 3.8) is 0 Å². The molecular weight excluding hydrogens is 355 g/mol. The van der Waals surface area contributed by atoms with Gasteiger partial charge in [-0.25, -0.2) is 19.5 Å². The molecule has 1 aliphatic heterocycles. The minimum absolute atomic E-state index is 0.173. The number of fused-ring (bicyclic) bond motifs is 1. The molecule has 12 heteroatoms. The van der Waals surface area contributed by atoms with Crippen LogP contribution in [0.3, 0.4) is 0 Å². The zero-order valence-electron chi connectivity index (χ0n) is 13.4. The van der Waals surface area contributed by atoms with Crippen LogP contribution in [0.15, 0.2) is 12.7 Å². The fourth-order valence-electron chi connectivity index (χ4n) is 2.74. The summed E-state index contributed by atoms with van der Waals surface area (Å²) in [5, 5.41) is 10.2. The van der Waals surface area contributed by atoms with Crippen LogP contribution in [0.5, 0.6) is 0 Å². The Balaban J connectivity index is 1.79. The normalized spacial score (nSPS) is 24.2. The first-order valence-electron chi connectivity index (χ1n) is 7.58. The molecule has 3 rings (SSSR count). The highest BCUT2D eigenvalue weighted by molar-refractivity contribution is 7.46. The third-order valence-electron chi connectivity index (χ3n) is 3.85. The standard InChI is InChI=1S/C13H19N4O7P/c1-22-3-2-9-11-12(15-6-14-9)17(7-16-11)13-10(18)4-8(24-13)5-23-25(19,20)21/h6-8,10,13,18H,2-5H2,1H3,(H2,19,20,21)/t8-,10+,13+/m0/s1. The number of nitrogens with zero attached hydrogens (tertiary/aromatic N) is 4. The summed E-state index contributed by atoms with van der Waals surface area (Å²) in [5.74, 6) is 0. The van der Waals surface area contributed by atoms with Crippen LogP contribution in [0, 0.1) is 0 Å². The van der Waals surface area contributed by atoms with E-state index in [0.29, 0.717) is 24.2 Å². The summed E-state index contributed by atoms with van der Waals surface area (Å²) in [7, 11) is -2.99. The summed E-state index contributed by atoms with van der Waals surface area (Å²) in [6, 6.07) is 0. The van der Waals surface area contributed by atoms with Gasteiger partial charge in [0.1, 0.15) is 17.9 Å². The number of phosphoric ester groups is 1. The molecule has 1 saturated heterocycles. The second kappa shape index (κ2) is 7.42. The fourth-order valence-corrected chi connectivity index (χ4v) is 3.10. The number of aromatic nitrogens is 4. The molecule has 0 spiro atoms. The third-order valence-corrected chi connectivity index (χ3v) is 4.33. The van der Waals surface area contributed by atoms with Gasteiger partial charge in [0.05, 0.1) is 31.3 Å². The number of aliphatic hydroxyl groups excluding tert-OH is 1. The van der Waals surface area contributed by atoms with E-state index in [1.54, 1.807) is 11.7 Å². The van der Waals surface area contributed by atoms with Gasteiger partial charge in [0.25, 0.3) is 0 Å². The highest BCUT2D eigenvalue weighted by atomic mass is 31.2. The van der Waals surface area contributed by atoms with Crippen LogP contribution in [0.1, 0.15) is 18.3 Å². The number of rotatable bonds is 7. The van der Waals surface area contributed by atoms with E-state index >= 15 is 0 Å². The number of hydrogen-bond donors (Lipinski definition) is 3. The molecule has 0 amide bonds. The van der Waals surface area contributed by atoms with Crippen molar-refractivity contribution in [2.45, 2.75) is 31.3 Å². The molecule has 25 heavy (non-hydrogen) atoms. The van der Waals surface area contributed by atoms with Crippen molar-refractivity contribution in [3.8, 4) is 0 Å². The Hall–Kier alpha value is -1.46. The molecule has 0 bridgehead atoms. The van der Waals surface area contributed by atoms with Gasteiger partial charge < -0.3 is 24.4 Å². The van der Waals surface area contributed by atoms with Crippen LogP contribution in [-0.4, -0.2) is 66.9 Å². The van der Waals surface area contributed by atoms with Crippen LogP contribution in [0.4, 0.5) is 0 Å². The Morgan fingerprint density at radius 3 is 2.92 bits per heavy atom. The summed E-state index contributed by atoms with van der Waals surface area (Å²) in [4.78, 5) is 30.2. The van der Waals surface area contributed by atoms with Gasteiger partial charge in [0.2, 0.25) is 0 Å². The number of aliphatic hydroxyl groups is 1. The molecule has 3 heterocycles. The van der Waals surface area contributed by atoms with Gasteiger partial charge in [-0.1, -0.05) is 0 Å². The summed E-state index contributed by atoms with van der Waals surface area (Å²) in [6.45, 7) is 0.169. The Kier molecular flexibility index (Phi) is 5.44. The monoisotopic (exact) mass is 374 g/mol. The molecule has 3 atom stereocenters. The largest absolute Gasteiger partial charge is 0.469 e. The van der Waals surface area contributed by atoms with Gasteiger partial charge in [-0.05, 0) is 0 Å². The number of imidazole rings is 1. The molecule has 0 aromatic carbocycles. The second-order valence-corrected chi connectivity index (χ2v) is 6.86.